The van der Waals surface area contributed by atoms with Gasteiger partial charge in [-0.1, -0.05) is 12.1 Å². The molecule has 0 spiro atoms. The molecule has 0 unspecified atom stereocenters. The number of piperazine rings is 1. The predicted molar refractivity (Wildman–Crippen MR) is 86.0 cm³/mol. The fourth-order valence-corrected chi connectivity index (χ4v) is 2.98. The molecule has 1 aromatic carbocycles. The van der Waals surface area contributed by atoms with Gasteiger partial charge >= 0.3 is 0 Å². The second-order valence-electron chi connectivity index (χ2n) is 5.74. The summed E-state index contributed by atoms with van der Waals surface area (Å²) in [5.74, 6) is 0.102. The average Bonchev–Trinajstić information content (AvgIpc) is 2.95. The third-order valence-electron chi connectivity index (χ3n) is 4.12. The topological polar surface area (TPSA) is 64.7 Å². The van der Waals surface area contributed by atoms with Gasteiger partial charge in [0.15, 0.2) is 0 Å². The van der Waals surface area contributed by atoms with E-state index >= 15 is 0 Å². The average molecular weight is 302 g/mol. The van der Waals surface area contributed by atoms with E-state index in [0.29, 0.717) is 13.0 Å². The number of benzene rings is 1. The number of rotatable bonds is 4. The molecular weight excluding hydrogens is 280 g/mol. The summed E-state index contributed by atoms with van der Waals surface area (Å²) in [5, 5.41) is 6.23. The lowest BCUT2D eigenvalue weighted by Crippen LogP contribution is -2.46. The molecule has 2 heterocycles. The zero-order chi connectivity index (χ0) is 15.4. The molecule has 0 atom stereocenters. The van der Waals surface area contributed by atoms with Crippen LogP contribution in [0.3, 0.4) is 0 Å². The van der Waals surface area contributed by atoms with E-state index in [1.807, 2.05) is 24.3 Å². The van der Waals surface area contributed by atoms with Crippen LogP contribution in [0.15, 0.2) is 24.3 Å². The third-order valence-corrected chi connectivity index (χ3v) is 4.12. The minimum Gasteiger partial charge on any atom is -0.323 e. The molecule has 0 saturated carbocycles. The first-order chi connectivity index (χ1) is 10.7. The molecule has 2 N–H and O–H groups in total. The second-order valence-corrected chi connectivity index (χ2v) is 5.74. The Kier molecular flexibility index (Phi) is 4.70. The number of amides is 2. The zero-order valence-electron chi connectivity index (χ0n) is 12.7. The molecule has 2 aliphatic heterocycles. The molecule has 0 radical (unpaired) electrons. The fourth-order valence-electron chi connectivity index (χ4n) is 2.98. The Balaban J connectivity index is 1.66. The smallest absolute Gasteiger partial charge is 0.238 e. The minimum atomic E-state index is -0.0269. The summed E-state index contributed by atoms with van der Waals surface area (Å²) < 4.78 is 0. The zero-order valence-corrected chi connectivity index (χ0v) is 12.7. The van der Waals surface area contributed by atoms with E-state index in [9.17, 15) is 9.59 Å². The monoisotopic (exact) mass is 302 g/mol. The molecule has 6 heteroatoms. The first-order valence-electron chi connectivity index (χ1n) is 7.86. The largest absolute Gasteiger partial charge is 0.323 e. The fraction of sp³-hybridized carbons (Fsp3) is 0.500. The van der Waals surface area contributed by atoms with Crippen LogP contribution in [0.25, 0.3) is 0 Å². The van der Waals surface area contributed by atoms with E-state index in [-0.39, 0.29) is 11.8 Å². The number of anilines is 2. The van der Waals surface area contributed by atoms with Crippen molar-refractivity contribution in [3.8, 4) is 0 Å². The first-order valence-corrected chi connectivity index (χ1v) is 7.86. The number of carbonyl (C=O) groups excluding carboxylic acids is 2. The Bertz CT molecular complexity index is 555. The van der Waals surface area contributed by atoms with Gasteiger partial charge in [0, 0.05) is 39.1 Å². The Morgan fingerprint density at radius 1 is 1.18 bits per heavy atom. The molecule has 2 amide bonds. The number of nitrogens with one attached hydrogen (secondary N) is 2. The molecule has 118 valence electrons. The summed E-state index contributed by atoms with van der Waals surface area (Å²) in [7, 11) is 0. The maximum Gasteiger partial charge on any atom is 0.238 e. The highest BCUT2D eigenvalue weighted by Crippen LogP contribution is 2.29. The van der Waals surface area contributed by atoms with E-state index in [4.69, 9.17) is 0 Å². The van der Waals surface area contributed by atoms with Crippen molar-refractivity contribution < 1.29 is 9.59 Å². The minimum absolute atomic E-state index is 0.0269. The summed E-state index contributed by atoms with van der Waals surface area (Å²) >= 11 is 0. The molecule has 6 nitrogen and oxygen atoms in total. The van der Waals surface area contributed by atoms with Crippen molar-refractivity contribution in [1.82, 2.24) is 10.2 Å². The summed E-state index contributed by atoms with van der Waals surface area (Å²) in [4.78, 5) is 28.1. The van der Waals surface area contributed by atoms with E-state index in [2.05, 4.69) is 15.5 Å². The van der Waals surface area contributed by atoms with Crippen LogP contribution in [-0.4, -0.2) is 56.0 Å². The van der Waals surface area contributed by atoms with Crippen LogP contribution >= 0.6 is 0 Å². The SMILES string of the molecule is O=C(CN1CCNCC1)Nc1ccccc1N1CCCC1=O. The highest BCUT2D eigenvalue weighted by molar-refractivity contribution is 6.02. The molecule has 2 saturated heterocycles. The molecule has 2 aliphatic rings. The van der Waals surface area contributed by atoms with Gasteiger partial charge in [-0.15, -0.1) is 0 Å². The van der Waals surface area contributed by atoms with Crippen LogP contribution < -0.4 is 15.5 Å². The van der Waals surface area contributed by atoms with Gasteiger partial charge < -0.3 is 15.5 Å². The van der Waals surface area contributed by atoms with Crippen molar-refractivity contribution in [2.24, 2.45) is 0 Å². The lowest BCUT2D eigenvalue weighted by Gasteiger charge is -2.27. The van der Waals surface area contributed by atoms with Crippen molar-refractivity contribution >= 4 is 23.2 Å². The molecule has 0 aliphatic carbocycles. The van der Waals surface area contributed by atoms with Crippen LogP contribution in [0.4, 0.5) is 11.4 Å². The van der Waals surface area contributed by atoms with Gasteiger partial charge in [-0.05, 0) is 18.6 Å². The molecule has 0 bridgehead atoms. The number of nitrogens with zero attached hydrogens (tertiary/aromatic N) is 2. The normalized spacial score (nSPS) is 19.5. The van der Waals surface area contributed by atoms with Crippen LogP contribution in [0.2, 0.25) is 0 Å². The van der Waals surface area contributed by atoms with Crippen molar-refractivity contribution in [3.05, 3.63) is 24.3 Å². The van der Waals surface area contributed by atoms with Crippen LogP contribution in [0.5, 0.6) is 0 Å². The van der Waals surface area contributed by atoms with Crippen molar-refractivity contribution in [2.45, 2.75) is 12.8 Å². The van der Waals surface area contributed by atoms with E-state index in [1.165, 1.54) is 0 Å². The molecule has 0 aromatic heterocycles. The highest BCUT2D eigenvalue weighted by Gasteiger charge is 2.24. The van der Waals surface area contributed by atoms with Crippen LogP contribution in [0.1, 0.15) is 12.8 Å². The maximum absolute atomic E-state index is 12.3. The van der Waals surface area contributed by atoms with Gasteiger partial charge in [-0.2, -0.15) is 0 Å². The molecular formula is C16H22N4O2. The molecule has 1 aromatic rings. The van der Waals surface area contributed by atoms with Gasteiger partial charge in [0.2, 0.25) is 11.8 Å². The highest BCUT2D eigenvalue weighted by atomic mass is 16.2. The first kappa shape index (κ1) is 15.0. The van der Waals surface area contributed by atoms with Gasteiger partial charge in [0.25, 0.3) is 0 Å². The van der Waals surface area contributed by atoms with Gasteiger partial charge in [-0.25, -0.2) is 0 Å². The van der Waals surface area contributed by atoms with Crippen molar-refractivity contribution in [1.29, 1.82) is 0 Å². The van der Waals surface area contributed by atoms with Gasteiger partial charge in [0.1, 0.15) is 0 Å². The van der Waals surface area contributed by atoms with Gasteiger partial charge in [0.05, 0.1) is 17.9 Å². The maximum atomic E-state index is 12.3. The Morgan fingerprint density at radius 2 is 1.95 bits per heavy atom. The Labute approximate surface area is 130 Å². The summed E-state index contributed by atoms with van der Waals surface area (Å²) in [5.41, 5.74) is 1.52. The van der Waals surface area contributed by atoms with Crippen LogP contribution in [0, 0.1) is 0 Å². The second kappa shape index (κ2) is 6.89. The summed E-state index contributed by atoms with van der Waals surface area (Å²) in [6.45, 7) is 4.74. The standard InChI is InChI=1S/C16H22N4O2/c21-15(12-19-10-7-17-8-11-19)18-13-4-1-2-5-14(13)20-9-3-6-16(20)22/h1-2,4-5,17H,3,6-12H2,(H,18,21). The van der Waals surface area contributed by atoms with Crippen molar-refractivity contribution in [2.75, 3.05) is 49.5 Å². The number of hydrogen-bond donors (Lipinski definition) is 2. The van der Waals surface area contributed by atoms with E-state index in [0.717, 1.165) is 50.5 Å². The number of carbonyl (C=O) groups is 2. The summed E-state index contributed by atoms with van der Waals surface area (Å²) in [6, 6.07) is 7.53. The lowest BCUT2D eigenvalue weighted by atomic mass is 10.2. The molecule has 2 fully saturated rings. The summed E-state index contributed by atoms with van der Waals surface area (Å²) in [6.07, 6.45) is 1.46. The van der Waals surface area contributed by atoms with Gasteiger partial charge in [-0.3, -0.25) is 14.5 Å². The Hall–Kier alpha value is -1.92. The quantitative estimate of drug-likeness (QED) is 0.857. The molecule has 22 heavy (non-hydrogen) atoms. The van der Waals surface area contributed by atoms with E-state index < -0.39 is 0 Å². The Morgan fingerprint density at radius 3 is 2.68 bits per heavy atom. The van der Waals surface area contributed by atoms with Crippen LogP contribution in [-0.2, 0) is 9.59 Å². The predicted octanol–water partition coefficient (Wildman–Crippen LogP) is 0.657. The third kappa shape index (κ3) is 3.45. The lowest BCUT2D eigenvalue weighted by molar-refractivity contribution is -0.118. The number of hydrogen-bond acceptors (Lipinski definition) is 4. The van der Waals surface area contributed by atoms with E-state index in [1.54, 1.807) is 4.90 Å². The van der Waals surface area contributed by atoms with Crippen molar-refractivity contribution in [3.63, 3.8) is 0 Å². The number of para-hydroxylation sites is 2. The molecule has 3 rings (SSSR count).